The first kappa shape index (κ1) is 21.7. The van der Waals surface area contributed by atoms with E-state index < -0.39 is 0 Å². The molecule has 0 unspecified atom stereocenters. The summed E-state index contributed by atoms with van der Waals surface area (Å²) >= 11 is 2.22. The molecule has 0 aromatic heterocycles. The van der Waals surface area contributed by atoms with E-state index in [1.54, 1.807) is 44.2 Å². The normalized spacial score (nSPS) is 10.6. The van der Waals surface area contributed by atoms with E-state index in [2.05, 4.69) is 13.2 Å². The topological polar surface area (TPSA) is 51.2 Å². The molecule has 0 N–H and O–H groups in total. The summed E-state index contributed by atoms with van der Waals surface area (Å²) in [5, 5.41) is -0.157. The zero-order chi connectivity index (χ0) is 20.7. The third kappa shape index (κ3) is 6.51. The van der Waals surface area contributed by atoms with Crippen molar-refractivity contribution in [2.45, 2.75) is 23.6 Å². The van der Waals surface area contributed by atoms with Crippen LogP contribution in [-0.4, -0.2) is 16.0 Å². The van der Waals surface area contributed by atoms with Crippen LogP contribution in [0.1, 0.15) is 29.8 Å². The lowest BCUT2D eigenvalue weighted by molar-refractivity contribution is -0.108. The van der Waals surface area contributed by atoms with Crippen molar-refractivity contribution in [2.24, 2.45) is 0 Å². The number of carbonyl (C=O) groups excluding carboxylic acids is 3. The van der Waals surface area contributed by atoms with E-state index in [1.165, 1.54) is 6.08 Å². The van der Waals surface area contributed by atoms with Gasteiger partial charge in [-0.1, -0.05) is 31.4 Å². The van der Waals surface area contributed by atoms with Gasteiger partial charge in [-0.3, -0.25) is 14.4 Å². The van der Waals surface area contributed by atoms with Crippen LogP contribution in [0.5, 0.6) is 0 Å². The average Bonchev–Trinajstić information content (AvgIpc) is 2.67. The van der Waals surface area contributed by atoms with Gasteiger partial charge in [0, 0.05) is 15.4 Å². The Bertz CT molecular complexity index is 952. The van der Waals surface area contributed by atoms with Crippen molar-refractivity contribution in [3.8, 4) is 0 Å². The molecule has 2 rings (SSSR count). The fourth-order valence-corrected chi connectivity index (χ4v) is 3.31. The number of rotatable bonds is 7. The largest absolute Gasteiger partial charge is 0.289 e. The summed E-state index contributed by atoms with van der Waals surface area (Å²) in [5.41, 5.74) is 2.40. The number of hydrogen-bond donors (Lipinski definition) is 0. The van der Waals surface area contributed by atoms with Crippen molar-refractivity contribution in [2.75, 3.05) is 0 Å². The highest BCUT2D eigenvalue weighted by molar-refractivity contribution is 8.14. The van der Waals surface area contributed by atoms with Gasteiger partial charge >= 0.3 is 0 Å². The van der Waals surface area contributed by atoms with Crippen LogP contribution in [0.3, 0.4) is 0 Å². The number of benzene rings is 2. The summed E-state index contributed by atoms with van der Waals surface area (Å²) in [4.78, 5) is 37.2. The standard InChI is InChI=1S/C23H20O3S2/c1-15(2)22(25)27-19-10-5-17(6-11-19)7-14-21(24)18-8-12-20(13-9-18)28-23(26)16(3)4/h5-14H,1,3H2,2,4H3. The molecule has 0 aliphatic carbocycles. The monoisotopic (exact) mass is 408 g/mol. The van der Waals surface area contributed by atoms with Gasteiger partial charge in [0.2, 0.25) is 10.2 Å². The van der Waals surface area contributed by atoms with Gasteiger partial charge in [-0.2, -0.15) is 0 Å². The molecule has 0 heterocycles. The molecule has 0 saturated carbocycles. The quantitative estimate of drug-likeness (QED) is 0.321. The van der Waals surface area contributed by atoms with E-state index >= 15 is 0 Å². The van der Waals surface area contributed by atoms with Gasteiger partial charge in [0.05, 0.1) is 0 Å². The molecule has 2 aromatic carbocycles. The molecule has 5 heteroatoms. The summed E-state index contributed by atoms with van der Waals surface area (Å²) in [6, 6.07) is 14.3. The second kappa shape index (κ2) is 10.1. The minimum atomic E-state index is -0.126. The number of thioether (sulfide) groups is 2. The van der Waals surface area contributed by atoms with Crippen LogP contribution in [0, 0.1) is 0 Å². The van der Waals surface area contributed by atoms with Crippen LogP contribution in [-0.2, 0) is 9.59 Å². The fraction of sp³-hybridized carbons (Fsp3) is 0.0870. The molecule has 0 radical (unpaired) electrons. The molecule has 0 spiro atoms. The van der Waals surface area contributed by atoms with E-state index in [0.717, 1.165) is 38.9 Å². The maximum absolute atomic E-state index is 12.3. The maximum Gasteiger partial charge on any atom is 0.219 e. The van der Waals surface area contributed by atoms with Crippen molar-refractivity contribution in [1.29, 1.82) is 0 Å². The highest BCUT2D eigenvalue weighted by Crippen LogP contribution is 2.23. The third-order valence-corrected chi connectivity index (χ3v) is 5.65. The minimum absolute atomic E-state index is 0.0648. The summed E-state index contributed by atoms with van der Waals surface area (Å²) in [7, 11) is 0. The first-order valence-electron chi connectivity index (χ1n) is 8.44. The lowest BCUT2D eigenvalue weighted by atomic mass is 10.1. The zero-order valence-electron chi connectivity index (χ0n) is 15.7. The van der Waals surface area contributed by atoms with E-state index in [0.29, 0.717) is 16.7 Å². The Balaban J connectivity index is 1.99. The van der Waals surface area contributed by atoms with Gasteiger partial charge in [0.15, 0.2) is 5.78 Å². The number of hydrogen-bond acceptors (Lipinski definition) is 5. The molecule has 0 saturated heterocycles. The predicted molar refractivity (Wildman–Crippen MR) is 118 cm³/mol. The Labute approximate surface area is 173 Å². The Hall–Kier alpha value is -2.63. The average molecular weight is 409 g/mol. The van der Waals surface area contributed by atoms with Crippen molar-refractivity contribution >= 4 is 45.6 Å². The van der Waals surface area contributed by atoms with Gasteiger partial charge in [0.25, 0.3) is 0 Å². The second-order valence-corrected chi connectivity index (χ2v) is 8.22. The SMILES string of the molecule is C=C(C)C(=O)Sc1ccc(C=CC(=O)c2ccc(SC(=O)C(=C)C)cc2)cc1. The Kier molecular flexibility index (Phi) is 7.79. The van der Waals surface area contributed by atoms with Crippen LogP contribution in [0.15, 0.2) is 88.7 Å². The van der Waals surface area contributed by atoms with Gasteiger partial charge in [0.1, 0.15) is 0 Å². The van der Waals surface area contributed by atoms with Gasteiger partial charge in [-0.15, -0.1) is 0 Å². The molecule has 3 nitrogen and oxygen atoms in total. The summed E-state index contributed by atoms with van der Waals surface area (Å²) in [5.74, 6) is -0.126. The van der Waals surface area contributed by atoms with Gasteiger partial charge in [-0.05, 0) is 96.6 Å². The van der Waals surface area contributed by atoms with Crippen molar-refractivity contribution in [3.63, 3.8) is 0 Å². The molecular weight excluding hydrogens is 388 g/mol. The Morgan fingerprint density at radius 2 is 1.18 bits per heavy atom. The van der Waals surface area contributed by atoms with Crippen LogP contribution in [0.2, 0.25) is 0 Å². The van der Waals surface area contributed by atoms with E-state index in [9.17, 15) is 14.4 Å². The molecule has 142 valence electrons. The Morgan fingerprint density at radius 1 is 0.750 bits per heavy atom. The third-order valence-electron chi connectivity index (χ3n) is 3.56. The molecular formula is C23H20O3S2. The van der Waals surface area contributed by atoms with Crippen molar-refractivity contribution in [3.05, 3.63) is 90.0 Å². The van der Waals surface area contributed by atoms with E-state index in [-0.39, 0.29) is 16.0 Å². The van der Waals surface area contributed by atoms with E-state index in [4.69, 9.17) is 0 Å². The molecule has 0 aliphatic rings. The van der Waals surface area contributed by atoms with Crippen LogP contribution < -0.4 is 0 Å². The fourth-order valence-electron chi connectivity index (χ4n) is 1.99. The summed E-state index contributed by atoms with van der Waals surface area (Å²) in [6.45, 7) is 10.6. The molecule has 0 amide bonds. The maximum atomic E-state index is 12.3. The summed E-state index contributed by atoms with van der Waals surface area (Å²) < 4.78 is 0. The van der Waals surface area contributed by atoms with Gasteiger partial charge < -0.3 is 0 Å². The second-order valence-electron chi connectivity index (χ2n) is 6.13. The van der Waals surface area contributed by atoms with Crippen LogP contribution in [0.25, 0.3) is 6.08 Å². The molecule has 0 atom stereocenters. The van der Waals surface area contributed by atoms with Crippen molar-refractivity contribution < 1.29 is 14.4 Å². The van der Waals surface area contributed by atoms with Crippen molar-refractivity contribution in [1.82, 2.24) is 0 Å². The lowest BCUT2D eigenvalue weighted by Gasteiger charge is -2.02. The zero-order valence-corrected chi connectivity index (χ0v) is 17.4. The number of ketones is 1. The number of allylic oxidation sites excluding steroid dienone is 1. The highest BCUT2D eigenvalue weighted by Gasteiger charge is 2.07. The first-order valence-corrected chi connectivity index (χ1v) is 10.1. The summed E-state index contributed by atoms with van der Waals surface area (Å²) in [6.07, 6.45) is 3.23. The Morgan fingerprint density at radius 3 is 1.61 bits per heavy atom. The lowest BCUT2D eigenvalue weighted by Crippen LogP contribution is -1.95. The first-order chi connectivity index (χ1) is 13.3. The van der Waals surface area contributed by atoms with E-state index in [1.807, 2.05) is 24.3 Å². The molecule has 0 fully saturated rings. The number of carbonyl (C=O) groups is 3. The molecule has 0 bridgehead atoms. The highest BCUT2D eigenvalue weighted by atomic mass is 32.2. The molecule has 2 aromatic rings. The van der Waals surface area contributed by atoms with Gasteiger partial charge in [-0.25, -0.2) is 0 Å². The van der Waals surface area contributed by atoms with Crippen LogP contribution in [0.4, 0.5) is 0 Å². The smallest absolute Gasteiger partial charge is 0.219 e. The molecule has 28 heavy (non-hydrogen) atoms. The minimum Gasteiger partial charge on any atom is -0.289 e. The predicted octanol–water partition coefficient (Wildman–Crippen LogP) is 5.97. The van der Waals surface area contributed by atoms with Crippen LogP contribution >= 0.6 is 23.5 Å². The molecule has 0 aliphatic heterocycles.